The number of rotatable bonds is 7. The summed E-state index contributed by atoms with van der Waals surface area (Å²) in [4.78, 5) is 23.0. The number of amides is 1. The Morgan fingerprint density at radius 3 is 2.79 bits per heavy atom. The van der Waals surface area contributed by atoms with Crippen LogP contribution in [0.3, 0.4) is 0 Å². The standard InChI is InChI=1S/C28H23F3N4O3S/c1-35-10-7-17(8-11-35)12-18-2-3-19(13-23(18)28(29,30)31)33-27(37)22-16-39-24-14-20(4-5-21(22)24)38-26-6-9-32-25(15-36)34-26/h2-10,13-14,16,36H,11-12,15H2,1H3,(H,33,37). The number of ether oxygens (including phenoxy) is 1. The Kier molecular flexibility index (Phi) is 7.36. The number of aliphatic hydroxyl groups excluding tert-OH is 1. The Morgan fingerprint density at radius 2 is 2.05 bits per heavy atom. The third-order valence-electron chi connectivity index (χ3n) is 6.09. The molecule has 0 aliphatic carbocycles. The molecule has 0 saturated heterocycles. The second kappa shape index (κ2) is 10.9. The van der Waals surface area contributed by atoms with Crippen molar-refractivity contribution in [3.05, 3.63) is 100 Å². The number of aliphatic hydroxyl groups is 1. The van der Waals surface area contributed by atoms with Gasteiger partial charge in [0.1, 0.15) is 12.4 Å². The quantitative estimate of drug-likeness (QED) is 0.285. The van der Waals surface area contributed by atoms with Crippen molar-refractivity contribution in [3.63, 3.8) is 0 Å². The van der Waals surface area contributed by atoms with E-state index in [0.717, 1.165) is 16.3 Å². The van der Waals surface area contributed by atoms with Crippen LogP contribution in [0.15, 0.2) is 78.0 Å². The minimum absolute atomic E-state index is 0.0618. The molecule has 0 bridgehead atoms. The fourth-order valence-electron chi connectivity index (χ4n) is 4.12. The molecular weight excluding hydrogens is 529 g/mol. The minimum atomic E-state index is -4.57. The van der Waals surface area contributed by atoms with Crippen LogP contribution in [0.5, 0.6) is 11.6 Å². The average Bonchev–Trinajstić information content (AvgIpc) is 3.34. The summed E-state index contributed by atoms with van der Waals surface area (Å²) in [5.74, 6) is 0.440. The van der Waals surface area contributed by atoms with Gasteiger partial charge in [-0.2, -0.15) is 18.2 Å². The van der Waals surface area contributed by atoms with Crippen LogP contribution < -0.4 is 10.1 Å². The zero-order chi connectivity index (χ0) is 27.6. The first-order valence-corrected chi connectivity index (χ1v) is 12.8. The molecule has 0 spiro atoms. The van der Waals surface area contributed by atoms with Gasteiger partial charge in [0, 0.05) is 47.0 Å². The number of hydrogen-bond acceptors (Lipinski definition) is 7. The number of allylic oxidation sites excluding steroid dienone is 2. The predicted octanol–water partition coefficient (Wildman–Crippen LogP) is 6.18. The van der Waals surface area contributed by atoms with Gasteiger partial charge in [0.15, 0.2) is 5.82 Å². The summed E-state index contributed by atoms with van der Waals surface area (Å²) in [5.41, 5.74) is 0.568. The lowest BCUT2D eigenvalue weighted by molar-refractivity contribution is -0.138. The van der Waals surface area contributed by atoms with E-state index in [1.54, 1.807) is 35.7 Å². The summed E-state index contributed by atoms with van der Waals surface area (Å²) in [6.45, 7) is 0.314. The van der Waals surface area contributed by atoms with E-state index in [4.69, 9.17) is 4.74 Å². The van der Waals surface area contributed by atoms with Crippen molar-refractivity contribution < 1.29 is 27.8 Å². The van der Waals surface area contributed by atoms with E-state index >= 15 is 0 Å². The predicted molar refractivity (Wildman–Crippen MR) is 143 cm³/mol. The van der Waals surface area contributed by atoms with E-state index in [9.17, 15) is 23.1 Å². The average molecular weight is 553 g/mol. The number of nitrogens with one attached hydrogen (secondary N) is 1. The number of carbonyl (C=O) groups is 1. The van der Waals surface area contributed by atoms with Crippen molar-refractivity contribution in [1.29, 1.82) is 0 Å². The summed E-state index contributed by atoms with van der Waals surface area (Å²) < 4.78 is 48.2. The summed E-state index contributed by atoms with van der Waals surface area (Å²) in [6.07, 6.45) is 2.58. The third kappa shape index (κ3) is 6.10. The number of alkyl halides is 3. The Hall–Kier alpha value is -4.22. The molecular formula is C28H23F3N4O3S. The number of thiophene rings is 1. The van der Waals surface area contributed by atoms with Crippen LogP contribution in [-0.4, -0.2) is 39.5 Å². The lowest BCUT2D eigenvalue weighted by Crippen LogP contribution is -2.16. The molecule has 3 heterocycles. The highest BCUT2D eigenvalue weighted by atomic mass is 32.1. The molecule has 39 heavy (non-hydrogen) atoms. The van der Waals surface area contributed by atoms with Gasteiger partial charge in [0.2, 0.25) is 5.88 Å². The number of carbonyl (C=O) groups excluding carboxylic acids is 1. The zero-order valence-electron chi connectivity index (χ0n) is 20.7. The van der Waals surface area contributed by atoms with E-state index in [-0.39, 0.29) is 36.0 Å². The highest BCUT2D eigenvalue weighted by molar-refractivity contribution is 7.17. The number of halogens is 3. The van der Waals surface area contributed by atoms with E-state index in [0.29, 0.717) is 23.2 Å². The van der Waals surface area contributed by atoms with Gasteiger partial charge < -0.3 is 20.1 Å². The molecule has 200 valence electrons. The van der Waals surface area contributed by atoms with Crippen LogP contribution >= 0.6 is 11.3 Å². The lowest BCUT2D eigenvalue weighted by Gasteiger charge is -2.19. The Bertz CT molecular complexity index is 1600. The smallest absolute Gasteiger partial charge is 0.416 e. The van der Waals surface area contributed by atoms with E-state index in [1.165, 1.54) is 29.7 Å². The van der Waals surface area contributed by atoms with E-state index in [2.05, 4.69) is 15.3 Å². The highest BCUT2D eigenvalue weighted by Gasteiger charge is 2.34. The SMILES string of the molecule is CN1C=CC(Cc2ccc(NC(=O)c3csc4cc(Oc5ccnc(CO)n5)ccc34)cc2C(F)(F)F)=CC1. The number of hydrogen-bond donors (Lipinski definition) is 2. The monoisotopic (exact) mass is 552 g/mol. The molecule has 1 aliphatic heterocycles. The van der Waals surface area contributed by atoms with Gasteiger partial charge in [-0.05, 0) is 60.2 Å². The van der Waals surface area contributed by atoms with Gasteiger partial charge in [-0.15, -0.1) is 11.3 Å². The first kappa shape index (κ1) is 26.4. The van der Waals surface area contributed by atoms with E-state index in [1.807, 2.05) is 24.2 Å². The maximum atomic E-state index is 13.9. The molecule has 0 unspecified atom stereocenters. The number of fused-ring (bicyclic) bond motifs is 1. The molecule has 2 N–H and O–H groups in total. The number of likely N-dealkylation sites (N-methyl/N-ethyl adjacent to an activating group) is 1. The molecule has 0 radical (unpaired) electrons. The first-order valence-electron chi connectivity index (χ1n) is 11.9. The maximum Gasteiger partial charge on any atom is 0.416 e. The molecule has 11 heteroatoms. The molecule has 1 amide bonds. The number of nitrogens with zero attached hydrogens (tertiary/aromatic N) is 3. The van der Waals surface area contributed by atoms with Crippen LogP contribution in [0.4, 0.5) is 18.9 Å². The van der Waals surface area contributed by atoms with Gasteiger partial charge in [-0.25, -0.2) is 4.98 Å². The fourth-order valence-corrected chi connectivity index (χ4v) is 5.08. The van der Waals surface area contributed by atoms with Crippen LogP contribution in [0, 0.1) is 0 Å². The molecule has 5 rings (SSSR count). The van der Waals surface area contributed by atoms with Gasteiger partial charge in [0.05, 0.1) is 11.1 Å². The van der Waals surface area contributed by atoms with Crippen molar-refractivity contribution in [2.24, 2.45) is 0 Å². The molecule has 0 saturated carbocycles. The molecule has 0 fully saturated rings. The van der Waals surface area contributed by atoms with Crippen LogP contribution in [0.2, 0.25) is 0 Å². The Labute approximate surface area is 225 Å². The van der Waals surface area contributed by atoms with Crippen molar-refractivity contribution >= 4 is 33.0 Å². The molecule has 7 nitrogen and oxygen atoms in total. The van der Waals surface area contributed by atoms with Crippen LogP contribution in [0.25, 0.3) is 10.1 Å². The summed E-state index contributed by atoms with van der Waals surface area (Å²) >= 11 is 1.30. The summed E-state index contributed by atoms with van der Waals surface area (Å²) in [7, 11) is 1.89. The molecule has 4 aromatic rings. The third-order valence-corrected chi connectivity index (χ3v) is 7.03. The highest BCUT2D eigenvalue weighted by Crippen LogP contribution is 2.36. The van der Waals surface area contributed by atoms with Gasteiger partial charge in [-0.1, -0.05) is 12.1 Å². The van der Waals surface area contributed by atoms with Crippen molar-refractivity contribution in [1.82, 2.24) is 14.9 Å². The molecule has 2 aromatic carbocycles. The Morgan fingerprint density at radius 1 is 1.21 bits per heavy atom. The molecule has 2 aromatic heterocycles. The van der Waals surface area contributed by atoms with Crippen LogP contribution in [-0.2, 0) is 19.2 Å². The normalized spacial score (nSPS) is 13.5. The van der Waals surface area contributed by atoms with Gasteiger partial charge in [0.25, 0.3) is 5.91 Å². The Balaban J connectivity index is 1.34. The second-order valence-corrected chi connectivity index (χ2v) is 9.82. The largest absolute Gasteiger partial charge is 0.439 e. The summed E-state index contributed by atoms with van der Waals surface area (Å²) in [6, 6.07) is 10.5. The van der Waals surface area contributed by atoms with Crippen molar-refractivity contribution in [3.8, 4) is 11.6 Å². The maximum absolute atomic E-state index is 13.9. The van der Waals surface area contributed by atoms with Gasteiger partial charge >= 0.3 is 6.18 Å². The number of aromatic nitrogens is 2. The van der Waals surface area contributed by atoms with Crippen LogP contribution in [0.1, 0.15) is 27.3 Å². The minimum Gasteiger partial charge on any atom is -0.439 e. The zero-order valence-corrected chi connectivity index (χ0v) is 21.5. The fraction of sp³-hybridized carbons (Fsp3) is 0.179. The second-order valence-electron chi connectivity index (χ2n) is 8.91. The first-order chi connectivity index (χ1) is 18.7. The van der Waals surface area contributed by atoms with Crippen molar-refractivity contribution in [2.45, 2.75) is 19.2 Å². The van der Waals surface area contributed by atoms with E-state index < -0.39 is 17.6 Å². The summed E-state index contributed by atoms with van der Waals surface area (Å²) in [5, 5.41) is 14.1. The number of anilines is 1. The molecule has 1 aliphatic rings. The van der Waals surface area contributed by atoms with Crippen molar-refractivity contribution in [2.75, 3.05) is 18.9 Å². The lowest BCUT2D eigenvalue weighted by atomic mass is 9.97. The topological polar surface area (TPSA) is 87.6 Å². The molecule has 0 atom stereocenters. The number of benzene rings is 2. The van der Waals surface area contributed by atoms with Gasteiger partial charge in [-0.3, -0.25) is 4.79 Å².